The molecule has 4 heteroatoms. The zero-order valence-electron chi connectivity index (χ0n) is 10.3. The molecular formula is C14H16N2O2. The van der Waals surface area contributed by atoms with Crippen molar-refractivity contribution in [1.82, 2.24) is 9.78 Å². The molecule has 0 saturated carbocycles. The van der Waals surface area contributed by atoms with Gasteiger partial charge in [-0.05, 0) is 25.0 Å². The molecule has 1 N–H and O–H groups in total. The summed E-state index contributed by atoms with van der Waals surface area (Å²) in [7, 11) is 0. The van der Waals surface area contributed by atoms with Gasteiger partial charge in [-0.2, -0.15) is 5.10 Å². The van der Waals surface area contributed by atoms with Crippen LogP contribution >= 0.6 is 0 Å². The minimum atomic E-state index is -0.914. The molecule has 0 fully saturated rings. The van der Waals surface area contributed by atoms with Crippen LogP contribution in [0.5, 0.6) is 0 Å². The quantitative estimate of drug-likeness (QED) is 0.879. The highest BCUT2D eigenvalue weighted by Crippen LogP contribution is 2.17. The summed E-state index contributed by atoms with van der Waals surface area (Å²) in [5.74, 6) is -0.914. The summed E-state index contributed by atoms with van der Waals surface area (Å²) in [4.78, 5) is 11.2. The molecular weight excluding hydrogens is 228 g/mol. The Balaban J connectivity index is 2.44. The van der Waals surface area contributed by atoms with Crippen LogP contribution in [-0.2, 0) is 6.42 Å². The molecule has 18 heavy (non-hydrogen) atoms. The lowest BCUT2D eigenvalue weighted by molar-refractivity contribution is 0.0695. The topological polar surface area (TPSA) is 55.1 Å². The molecule has 0 aliphatic heterocycles. The predicted molar refractivity (Wildman–Crippen MR) is 69.1 cm³/mol. The van der Waals surface area contributed by atoms with Crippen LogP contribution in [-0.4, -0.2) is 20.9 Å². The summed E-state index contributed by atoms with van der Waals surface area (Å²) < 4.78 is 1.72. The van der Waals surface area contributed by atoms with Crippen LogP contribution in [0.25, 0.3) is 5.69 Å². The minimum absolute atomic E-state index is 0.298. The molecule has 0 amide bonds. The van der Waals surface area contributed by atoms with Gasteiger partial charge in [0.25, 0.3) is 0 Å². The zero-order chi connectivity index (χ0) is 13.0. The molecule has 0 aliphatic carbocycles. The fraction of sp³-hybridized carbons (Fsp3) is 0.286. The maximum Gasteiger partial charge on any atom is 0.339 e. The number of nitrogens with zero attached hydrogens (tertiary/aromatic N) is 2. The van der Waals surface area contributed by atoms with Crippen LogP contribution < -0.4 is 0 Å². The van der Waals surface area contributed by atoms with E-state index in [0.717, 1.165) is 30.6 Å². The van der Waals surface area contributed by atoms with Gasteiger partial charge in [0.05, 0.1) is 17.6 Å². The number of carboxylic acids is 1. The molecule has 1 aromatic heterocycles. The first-order valence-electron chi connectivity index (χ1n) is 6.09. The van der Waals surface area contributed by atoms with Crippen LogP contribution in [0, 0.1) is 0 Å². The summed E-state index contributed by atoms with van der Waals surface area (Å²) in [6.45, 7) is 2.09. The molecule has 2 rings (SSSR count). The van der Waals surface area contributed by atoms with E-state index in [1.807, 2.05) is 30.3 Å². The fourth-order valence-electron chi connectivity index (χ4n) is 1.93. The number of carbonyl (C=O) groups is 1. The van der Waals surface area contributed by atoms with E-state index < -0.39 is 5.97 Å². The monoisotopic (exact) mass is 244 g/mol. The van der Waals surface area contributed by atoms with Crippen LogP contribution in [0.15, 0.2) is 36.5 Å². The van der Waals surface area contributed by atoms with E-state index in [9.17, 15) is 9.90 Å². The van der Waals surface area contributed by atoms with Gasteiger partial charge in [0.2, 0.25) is 0 Å². The van der Waals surface area contributed by atoms with Crippen LogP contribution in [0.3, 0.4) is 0 Å². The van der Waals surface area contributed by atoms with Crippen LogP contribution in [0.2, 0.25) is 0 Å². The lowest BCUT2D eigenvalue weighted by Gasteiger charge is -2.07. The van der Waals surface area contributed by atoms with E-state index in [4.69, 9.17) is 0 Å². The summed E-state index contributed by atoms with van der Waals surface area (Å²) >= 11 is 0. The Labute approximate surface area is 106 Å². The molecule has 1 heterocycles. The maximum absolute atomic E-state index is 11.2. The second kappa shape index (κ2) is 5.49. The molecule has 0 atom stereocenters. The molecule has 0 radical (unpaired) electrons. The van der Waals surface area contributed by atoms with E-state index in [1.54, 1.807) is 4.68 Å². The predicted octanol–water partition coefficient (Wildman–Crippen LogP) is 2.91. The van der Waals surface area contributed by atoms with Crippen molar-refractivity contribution in [2.75, 3.05) is 0 Å². The van der Waals surface area contributed by atoms with Gasteiger partial charge in [-0.1, -0.05) is 31.5 Å². The lowest BCUT2D eigenvalue weighted by Crippen LogP contribution is -2.06. The first-order chi connectivity index (χ1) is 8.74. The van der Waals surface area contributed by atoms with Crippen molar-refractivity contribution in [2.24, 2.45) is 0 Å². The summed E-state index contributed by atoms with van der Waals surface area (Å²) in [5.41, 5.74) is 1.97. The van der Waals surface area contributed by atoms with Gasteiger partial charge in [0, 0.05) is 0 Å². The van der Waals surface area contributed by atoms with Crippen molar-refractivity contribution in [3.05, 3.63) is 47.8 Å². The molecule has 94 valence electrons. The lowest BCUT2D eigenvalue weighted by atomic mass is 10.1. The van der Waals surface area contributed by atoms with E-state index in [2.05, 4.69) is 12.0 Å². The van der Waals surface area contributed by atoms with Crippen molar-refractivity contribution in [3.8, 4) is 5.69 Å². The van der Waals surface area contributed by atoms with Crippen molar-refractivity contribution in [2.45, 2.75) is 26.2 Å². The van der Waals surface area contributed by atoms with Crippen LogP contribution in [0.4, 0.5) is 0 Å². The number of carboxylic acid groups (broad SMARTS) is 1. The van der Waals surface area contributed by atoms with E-state index in [1.165, 1.54) is 6.20 Å². The third-order valence-electron chi connectivity index (χ3n) is 2.87. The first-order valence-corrected chi connectivity index (χ1v) is 6.09. The van der Waals surface area contributed by atoms with Crippen molar-refractivity contribution in [3.63, 3.8) is 0 Å². The summed E-state index contributed by atoms with van der Waals surface area (Å²) in [5, 5.41) is 13.4. The number of hydrogen-bond donors (Lipinski definition) is 1. The molecule has 4 nitrogen and oxygen atoms in total. The first kappa shape index (κ1) is 12.4. The molecule has 0 bridgehead atoms. The second-order valence-electron chi connectivity index (χ2n) is 4.16. The van der Waals surface area contributed by atoms with Gasteiger partial charge in [-0.3, -0.25) is 0 Å². The molecule has 0 unspecified atom stereocenters. The number of rotatable bonds is 5. The number of hydrogen-bond acceptors (Lipinski definition) is 2. The normalized spacial score (nSPS) is 10.5. The van der Waals surface area contributed by atoms with Gasteiger partial charge < -0.3 is 5.11 Å². The number of unbranched alkanes of at least 4 members (excludes halogenated alkanes) is 1. The maximum atomic E-state index is 11.2. The largest absolute Gasteiger partial charge is 0.478 e. The average molecular weight is 244 g/mol. The molecule has 0 aliphatic rings. The third-order valence-corrected chi connectivity index (χ3v) is 2.87. The Bertz CT molecular complexity index is 532. The Kier molecular flexibility index (Phi) is 3.77. The number of aromatic carboxylic acids is 1. The second-order valence-corrected chi connectivity index (χ2v) is 4.16. The van der Waals surface area contributed by atoms with Crippen LogP contribution in [0.1, 0.15) is 35.8 Å². The van der Waals surface area contributed by atoms with Gasteiger partial charge in [-0.25, -0.2) is 9.48 Å². The van der Waals surface area contributed by atoms with E-state index in [0.29, 0.717) is 5.56 Å². The number of para-hydroxylation sites is 1. The third kappa shape index (κ3) is 2.42. The molecule has 2 aromatic rings. The standard InChI is InChI=1S/C14H16N2O2/c1-2-3-9-13-12(14(17)18)10-15-16(13)11-7-5-4-6-8-11/h4-8,10H,2-3,9H2,1H3,(H,17,18). The van der Waals surface area contributed by atoms with Gasteiger partial charge >= 0.3 is 5.97 Å². The zero-order valence-corrected chi connectivity index (χ0v) is 10.3. The fourth-order valence-corrected chi connectivity index (χ4v) is 1.93. The highest BCUT2D eigenvalue weighted by Gasteiger charge is 2.16. The summed E-state index contributed by atoms with van der Waals surface area (Å²) in [6.07, 6.45) is 4.14. The Morgan fingerprint density at radius 3 is 2.67 bits per heavy atom. The van der Waals surface area contributed by atoms with E-state index in [-0.39, 0.29) is 0 Å². The SMILES string of the molecule is CCCCc1c(C(=O)O)cnn1-c1ccccc1. The molecule has 0 spiro atoms. The summed E-state index contributed by atoms with van der Waals surface area (Å²) in [6, 6.07) is 9.61. The highest BCUT2D eigenvalue weighted by atomic mass is 16.4. The number of aromatic nitrogens is 2. The van der Waals surface area contributed by atoms with Crippen molar-refractivity contribution in [1.29, 1.82) is 0 Å². The molecule has 1 aromatic carbocycles. The Morgan fingerprint density at radius 2 is 2.06 bits per heavy atom. The minimum Gasteiger partial charge on any atom is -0.478 e. The average Bonchev–Trinajstić information content (AvgIpc) is 2.81. The molecule has 0 saturated heterocycles. The highest BCUT2D eigenvalue weighted by molar-refractivity contribution is 5.88. The number of benzene rings is 1. The van der Waals surface area contributed by atoms with Crippen molar-refractivity contribution < 1.29 is 9.90 Å². The van der Waals surface area contributed by atoms with Gasteiger partial charge in [0.1, 0.15) is 5.56 Å². The van der Waals surface area contributed by atoms with E-state index >= 15 is 0 Å². The Morgan fingerprint density at radius 1 is 1.33 bits per heavy atom. The van der Waals surface area contributed by atoms with Crippen molar-refractivity contribution >= 4 is 5.97 Å². The smallest absolute Gasteiger partial charge is 0.339 e. The Hall–Kier alpha value is -2.10. The van der Waals surface area contributed by atoms with Gasteiger partial charge in [-0.15, -0.1) is 0 Å². The van der Waals surface area contributed by atoms with Gasteiger partial charge in [0.15, 0.2) is 0 Å².